The first-order valence-corrected chi connectivity index (χ1v) is 8.23. The summed E-state index contributed by atoms with van der Waals surface area (Å²) in [5, 5.41) is 6.36. The molecule has 0 saturated carbocycles. The summed E-state index contributed by atoms with van der Waals surface area (Å²) in [5.74, 6) is 1.79. The predicted molar refractivity (Wildman–Crippen MR) is 88.7 cm³/mol. The van der Waals surface area contributed by atoms with Crippen molar-refractivity contribution in [2.24, 2.45) is 11.8 Å². The minimum Gasteiger partial charge on any atom is -0.495 e. The normalized spacial score (nSPS) is 19.9. The van der Waals surface area contributed by atoms with Crippen molar-refractivity contribution in [3.05, 3.63) is 22.7 Å². The van der Waals surface area contributed by atoms with Gasteiger partial charge in [-0.2, -0.15) is 0 Å². The van der Waals surface area contributed by atoms with Crippen LogP contribution in [0.25, 0.3) is 0 Å². The maximum atomic E-state index is 12.2. The number of benzene rings is 1. The van der Waals surface area contributed by atoms with E-state index in [4.69, 9.17) is 4.74 Å². The molecular weight excluding hydrogens is 332 g/mol. The van der Waals surface area contributed by atoms with E-state index >= 15 is 0 Å². The van der Waals surface area contributed by atoms with Gasteiger partial charge in [-0.3, -0.25) is 4.79 Å². The van der Waals surface area contributed by atoms with Gasteiger partial charge in [0.05, 0.1) is 11.6 Å². The van der Waals surface area contributed by atoms with Crippen molar-refractivity contribution >= 4 is 27.5 Å². The van der Waals surface area contributed by atoms with Gasteiger partial charge in [-0.1, -0.05) is 6.92 Å². The Bertz CT molecular complexity index is 487. The van der Waals surface area contributed by atoms with Crippen LogP contribution in [-0.2, 0) is 4.79 Å². The maximum absolute atomic E-state index is 12.2. The van der Waals surface area contributed by atoms with E-state index in [1.165, 1.54) is 12.8 Å². The molecule has 5 heteroatoms. The van der Waals surface area contributed by atoms with Crippen LogP contribution in [0.1, 0.15) is 26.2 Å². The molecule has 1 aliphatic heterocycles. The summed E-state index contributed by atoms with van der Waals surface area (Å²) in [5.41, 5.74) is 0.772. The molecule has 2 unspecified atom stereocenters. The second-order valence-electron chi connectivity index (χ2n) is 5.69. The van der Waals surface area contributed by atoms with Crippen molar-refractivity contribution in [1.82, 2.24) is 5.32 Å². The van der Waals surface area contributed by atoms with Crippen molar-refractivity contribution in [3.8, 4) is 5.75 Å². The molecule has 1 heterocycles. The molecule has 1 saturated heterocycles. The van der Waals surface area contributed by atoms with Crippen LogP contribution in [0.5, 0.6) is 5.75 Å². The molecule has 0 aromatic heterocycles. The summed E-state index contributed by atoms with van der Waals surface area (Å²) in [6, 6.07) is 5.58. The standard InChI is InChI=1S/C16H23BrN2O2/c1-11(12-4-3-7-18-10-12)8-16(20)19-13-5-6-14(17)15(9-13)21-2/h5-6,9,11-12,18H,3-4,7-8,10H2,1-2H3,(H,19,20). The Balaban J connectivity index is 1.89. The lowest BCUT2D eigenvalue weighted by Crippen LogP contribution is -2.34. The van der Waals surface area contributed by atoms with Crippen LogP contribution in [0, 0.1) is 11.8 Å². The Morgan fingerprint density at radius 2 is 2.38 bits per heavy atom. The van der Waals surface area contributed by atoms with Crippen LogP contribution < -0.4 is 15.4 Å². The van der Waals surface area contributed by atoms with E-state index in [2.05, 4.69) is 33.5 Å². The minimum atomic E-state index is 0.0671. The first-order valence-electron chi connectivity index (χ1n) is 7.44. The smallest absolute Gasteiger partial charge is 0.224 e. The van der Waals surface area contributed by atoms with Crippen molar-refractivity contribution in [2.45, 2.75) is 26.2 Å². The zero-order valence-electron chi connectivity index (χ0n) is 12.6. The van der Waals surface area contributed by atoms with E-state index in [-0.39, 0.29) is 5.91 Å². The Kier molecular flexibility index (Phi) is 6.06. The number of hydrogen-bond donors (Lipinski definition) is 2. The number of anilines is 1. The highest BCUT2D eigenvalue weighted by Crippen LogP contribution is 2.28. The van der Waals surface area contributed by atoms with E-state index in [1.807, 2.05) is 18.2 Å². The molecule has 0 radical (unpaired) electrons. The first kappa shape index (κ1) is 16.3. The zero-order chi connectivity index (χ0) is 15.2. The Morgan fingerprint density at radius 3 is 3.05 bits per heavy atom. The zero-order valence-corrected chi connectivity index (χ0v) is 14.2. The largest absolute Gasteiger partial charge is 0.495 e. The van der Waals surface area contributed by atoms with E-state index < -0.39 is 0 Å². The number of ether oxygens (including phenoxy) is 1. The fraction of sp³-hybridized carbons (Fsp3) is 0.562. The molecule has 2 atom stereocenters. The molecule has 21 heavy (non-hydrogen) atoms. The van der Waals surface area contributed by atoms with Gasteiger partial charge in [0.2, 0.25) is 5.91 Å². The molecule has 0 spiro atoms. The molecule has 1 aromatic carbocycles. The van der Waals surface area contributed by atoms with Crippen molar-refractivity contribution in [2.75, 3.05) is 25.5 Å². The predicted octanol–water partition coefficient (Wildman–Crippen LogP) is 3.42. The van der Waals surface area contributed by atoms with Gasteiger partial charge in [-0.25, -0.2) is 0 Å². The molecular formula is C16H23BrN2O2. The molecule has 2 N–H and O–H groups in total. The third-order valence-electron chi connectivity index (χ3n) is 4.08. The number of piperidine rings is 1. The van der Waals surface area contributed by atoms with E-state index in [0.29, 0.717) is 18.3 Å². The van der Waals surface area contributed by atoms with Crippen LogP contribution in [0.4, 0.5) is 5.69 Å². The molecule has 0 aliphatic carbocycles. The number of nitrogens with one attached hydrogen (secondary N) is 2. The van der Waals surface area contributed by atoms with Gasteiger partial charge < -0.3 is 15.4 Å². The molecule has 1 aromatic rings. The van der Waals surface area contributed by atoms with Gasteiger partial charge in [-0.05, 0) is 65.8 Å². The van der Waals surface area contributed by atoms with Gasteiger partial charge in [0.25, 0.3) is 0 Å². The lowest BCUT2D eigenvalue weighted by atomic mass is 9.85. The minimum absolute atomic E-state index is 0.0671. The highest BCUT2D eigenvalue weighted by atomic mass is 79.9. The molecule has 2 rings (SSSR count). The van der Waals surface area contributed by atoms with Crippen LogP contribution in [0.2, 0.25) is 0 Å². The van der Waals surface area contributed by atoms with Gasteiger partial charge in [0.15, 0.2) is 0 Å². The van der Waals surface area contributed by atoms with Crippen molar-refractivity contribution in [1.29, 1.82) is 0 Å². The Labute approximate surface area is 134 Å². The molecule has 4 nitrogen and oxygen atoms in total. The summed E-state index contributed by atoms with van der Waals surface area (Å²) in [6.07, 6.45) is 2.98. The fourth-order valence-corrected chi connectivity index (χ4v) is 3.18. The van der Waals surface area contributed by atoms with Crippen molar-refractivity contribution in [3.63, 3.8) is 0 Å². The van der Waals surface area contributed by atoms with Gasteiger partial charge in [-0.15, -0.1) is 0 Å². The first-order chi connectivity index (χ1) is 10.1. The highest BCUT2D eigenvalue weighted by Gasteiger charge is 2.22. The third kappa shape index (κ3) is 4.71. The molecule has 1 aliphatic rings. The number of rotatable bonds is 5. The monoisotopic (exact) mass is 354 g/mol. The maximum Gasteiger partial charge on any atom is 0.224 e. The number of carbonyl (C=O) groups excluding carboxylic acids is 1. The number of halogens is 1. The second-order valence-corrected chi connectivity index (χ2v) is 6.54. The summed E-state index contributed by atoms with van der Waals surface area (Å²) in [6.45, 7) is 4.30. The second kappa shape index (κ2) is 7.80. The molecule has 116 valence electrons. The quantitative estimate of drug-likeness (QED) is 0.851. The lowest BCUT2D eigenvalue weighted by molar-refractivity contribution is -0.117. The summed E-state index contributed by atoms with van der Waals surface area (Å²) < 4.78 is 6.12. The highest BCUT2D eigenvalue weighted by molar-refractivity contribution is 9.10. The summed E-state index contributed by atoms with van der Waals surface area (Å²) in [4.78, 5) is 12.2. The summed E-state index contributed by atoms with van der Waals surface area (Å²) in [7, 11) is 1.61. The van der Waals surface area contributed by atoms with E-state index in [0.717, 1.165) is 29.0 Å². The average Bonchev–Trinajstić information content (AvgIpc) is 2.50. The fourth-order valence-electron chi connectivity index (χ4n) is 2.77. The van der Waals surface area contributed by atoms with E-state index in [1.54, 1.807) is 7.11 Å². The van der Waals surface area contributed by atoms with Crippen LogP contribution in [-0.4, -0.2) is 26.1 Å². The number of hydrogen-bond acceptors (Lipinski definition) is 3. The van der Waals surface area contributed by atoms with Crippen LogP contribution in [0.15, 0.2) is 22.7 Å². The van der Waals surface area contributed by atoms with Crippen molar-refractivity contribution < 1.29 is 9.53 Å². The molecule has 1 fully saturated rings. The van der Waals surface area contributed by atoms with Gasteiger partial charge in [0, 0.05) is 18.2 Å². The van der Waals surface area contributed by atoms with Crippen LogP contribution in [0.3, 0.4) is 0 Å². The number of amides is 1. The van der Waals surface area contributed by atoms with Gasteiger partial charge >= 0.3 is 0 Å². The summed E-state index contributed by atoms with van der Waals surface area (Å²) >= 11 is 3.40. The lowest BCUT2D eigenvalue weighted by Gasteiger charge is -2.28. The topological polar surface area (TPSA) is 50.4 Å². The molecule has 0 bridgehead atoms. The third-order valence-corrected chi connectivity index (χ3v) is 4.74. The number of methoxy groups -OCH3 is 1. The average molecular weight is 355 g/mol. The molecule has 1 amide bonds. The van der Waals surface area contributed by atoms with E-state index in [9.17, 15) is 4.79 Å². The van der Waals surface area contributed by atoms with Gasteiger partial charge in [0.1, 0.15) is 5.75 Å². The Morgan fingerprint density at radius 1 is 1.57 bits per heavy atom. The van der Waals surface area contributed by atoms with Crippen LogP contribution >= 0.6 is 15.9 Å². The SMILES string of the molecule is COc1cc(NC(=O)CC(C)C2CCCNC2)ccc1Br. The Hall–Kier alpha value is -1.07. The number of carbonyl (C=O) groups is 1.